The van der Waals surface area contributed by atoms with Crippen molar-refractivity contribution in [1.29, 1.82) is 0 Å². The lowest BCUT2D eigenvalue weighted by atomic mass is 10.1. The molecule has 0 aromatic carbocycles. The molecule has 21 heavy (non-hydrogen) atoms. The largest absolute Gasteiger partial charge is 0.480 e. The quantitative estimate of drug-likeness (QED) is 0.692. The number of amides is 2. The van der Waals surface area contributed by atoms with Gasteiger partial charge in [0.15, 0.2) is 0 Å². The number of thiophene rings is 1. The van der Waals surface area contributed by atoms with Crippen LogP contribution >= 0.6 is 11.3 Å². The lowest BCUT2D eigenvalue weighted by molar-refractivity contribution is -0.141. The third kappa shape index (κ3) is 5.03. The van der Waals surface area contributed by atoms with Gasteiger partial charge in [0.2, 0.25) is 5.91 Å². The maximum atomic E-state index is 11.8. The van der Waals surface area contributed by atoms with Crippen LogP contribution in [0.15, 0.2) is 28.7 Å². The molecule has 1 aromatic rings. The molecule has 1 heterocycles. The fourth-order valence-corrected chi connectivity index (χ4v) is 2.02. The first-order chi connectivity index (χ1) is 9.82. The first-order valence-corrected chi connectivity index (χ1v) is 7.20. The highest BCUT2D eigenvalue weighted by Crippen LogP contribution is 2.07. The minimum absolute atomic E-state index is 0.173. The van der Waals surface area contributed by atoms with Gasteiger partial charge in [0.1, 0.15) is 6.04 Å². The van der Waals surface area contributed by atoms with E-state index < -0.39 is 17.9 Å². The van der Waals surface area contributed by atoms with Gasteiger partial charge in [-0.1, -0.05) is 11.6 Å². The maximum Gasteiger partial charge on any atom is 0.328 e. The first-order valence-electron chi connectivity index (χ1n) is 6.32. The summed E-state index contributed by atoms with van der Waals surface area (Å²) >= 11 is 1.26. The molecule has 0 spiro atoms. The molecular weight excluding hydrogens is 292 g/mol. The van der Waals surface area contributed by atoms with Gasteiger partial charge < -0.3 is 15.7 Å². The van der Waals surface area contributed by atoms with Gasteiger partial charge in [-0.15, -0.1) is 11.3 Å². The van der Waals surface area contributed by atoms with Crippen molar-refractivity contribution in [2.24, 2.45) is 0 Å². The van der Waals surface area contributed by atoms with E-state index in [4.69, 9.17) is 5.11 Å². The first kappa shape index (κ1) is 16.9. The molecule has 0 aliphatic rings. The van der Waals surface area contributed by atoms with Crippen LogP contribution in [0.2, 0.25) is 0 Å². The molecule has 0 saturated carbocycles. The number of carbonyl (C=O) groups excluding carboxylic acids is 2. The number of hydrogen-bond acceptors (Lipinski definition) is 4. The van der Waals surface area contributed by atoms with Crippen molar-refractivity contribution in [3.8, 4) is 0 Å². The highest BCUT2D eigenvalue weighted by Gasteiger charge is 2.22. The Labute approximate surface area is 126 Å². The molecule has 0 radical (unpaired) electrons. The Balaban J connectivity index is 2.63. The van der Waals surface area contributed by atoms with Gasteiger partial charge in [0.05, 0.1) is 4.88 Å². The second-order valence-electron chi connectivity index (χ2n) is 4.68. The number of nitrogens with one attached hydrogen (secondary N) is 2. The predicted octanol–water partition coefficient (Wildman–Crippen LogP) is 1.40. The van der Waals surface area contributed by atoms with Gasteiger partial charge in [0.25, 0.3) is 5.91 Å². The van der Waals surface area contributed by atoms with Crippen LogP contribution in [-0.2, 0) is 9.59 Å². The summed E-state index contributed by atoms with van der Waals surface area (Å²) in [7, 11) is 0. The van der Waals surface area contributed by atoms with Gasteiger partial charge in [-0.3, -0.25) is 9.59 Å². The fraction of sp³-hybridized carbons (Fsp3) is 0.357. The molecule has 0 fully saturated rings. The monoisotopic (exact) mass is 310 g/mol. The van der Waals surface area contributed by atoms with Gasteiger partial charge >= 0.3 is 5.97 Å². The summed E-state index contributed by atoms with van der Waals surface area (Å²) in [4.78, 5) is 35.2. The normalized spacial score (nSPS) is 11.4. The number of hydrogen-bond donors (Lipinski definition) is 3. The Morgan fingerprint density at radius 3 is 2.43 bits per heavy atom. The van der Waals surface area contributed by atoms with Crippen LogP contribution in [0.3, 0.4) is 0 Å². The number of rotatable bonds is 6. The summed E-state index contributed by atoms with van der Waals surface area (Å²) < 4.78 is 0. The summed E-state index contributed by atoms with van der Waals surface area (Å²) in [6.45, 7) is 4.98. The number of allylic oxidation sites excluding steroid dienone is 1. The molecule has 6 nitrogen and oxygen atoms in total. The molecule has 3 N–H and O–H groups in total. The minimum atomic E-state index is -1.20. The zero-order valence-corrected chi connectivity index (χ0v) is 12.9. The Morgan fingerprint density at radius 1 is 1.29 bits per heavy atom. The van der Waals surface area contributed by atoms with Crippen molar-refractivity contribution in [2.45, 2.75) is 26.8 Å². The van der Waals surface area contributed by atoms with Gasteiger partial charge in [0, 0.05) is 12.1 Å². The molecule has 0 aliphatic carbocycles. The number of aliphatic carboxylic acids is 1. The summed E-state index contributed by atoms with van der Waals surface area (Å²) in [5.74, 6) is -2.01. The van der Waals surface area contributed by atoms with E-state index >= 15 is 0 Å². The SMILES string of the molecule is CC(C)=C(C)C(=O)NC(CNC(=O)c1cccs1)C(=O)O. The van der Waals surface area contributed by atoms with Crippen LogP contribution in [0.1, 0.15) is 30.4 Å². The smallest absolute Gasteiger partial charge is 0.328 e. The molecule has 1 rings (SSSR count). The second kappa shape index (κ2) is 7.58. The molecule has 0 bridgehead atoms. The average molecular weight is 310 g/mol. The van der Waals surface area contributed by atoms with E-state index in [1.807, 2.05) is 0 Å². The van der Waals surface area contributed by atoms with Crippen molar-refractivity contribution in [1.82, 2.24) is 10.6 Å². The topological polar surface area (TPSA) is 95.5 Å². The predicted molar refractivity (Wildman–Crippen MR) is 80.3 cm³/mol. The minimum Gasteiger partial charge on any atom is -0.480 e. The average Bonchev–Trinajstić information content (AvgIpc) is 2.95. The third-order valence-corrected chi connectivity index (χ3v) is 3.77. The highest BCUT2D eigenvalue weighted by molar-refractivity contribution is 7.12. The molecule has 1 atom stereocenters. The van der Waals surface area contributed by atoms with E-state index in [-0.39, 0.29) is 12.5 Å². The maximum absolute atomic E-state index is 11.8. The molecule has 0 saturated heterocycles. The summed E-state index contributed by atoms with van der Waals surface area (Å²) in [5.41, 5.74) is 1.27. The van der Waals surface area contributed by atoms with Gasteiger partial charge in [-0.2, -0.15) is 0 Å². The second-order valence-corrected chi connectivity index (χ2v) is 5.62. The summed E-state index contributed by atoms with van der Waals surface area (Å²) in [6.07, 6.45) is 0. The Morgan fingerprint density at radius 2 is 1.95 bits per heavy atom. The van der Waals surface area contributed by atoms with E-state index in [0.29, 0.717) is 10.5 Å². The van der Waals surface area contributed by atoms with Crippen molar-refractivity contribution in [3.05, 3.63) is 33.5 Å². The van der Waals surface area contributed by atoms with Crippen LogP contribution < -0.4 is 10.6 Å². The van der Waals surface area contributed by atoms with Crippen LogP contribution in [0.4, 0.5) is 0 Å². The molecule has 0 aliphatic heterocycles. The molecule has 7 heteroatoms. The lowest BCUT2D eigenvalue weighted by Crippen LogP contribution is -2.48. The highest BCUT2D eigenvalue weighted by atomic mass is 32.1. The van der Waals surface area contributed by atoms with Crippen molar-refractivity contribution in [2.75, 3.05) is 6.54 Å². The van der Waals surface area contributed by atoms with Crippen molar-refractivity contribution >= 4 is 29.1 Å². The van der Waals surface area contributed by atoms with Gasteiger partial charge in [-0.25, -0.2) is 4.79 Å². The van der Waals surface area contributed by atoms with E-state index in [0.717, 1.165) is 5.57 Å². The van der Waals surface area contributed by atoms with Crippen molar-refractivity contribution in [3.63, 3.8) is 0 Å². The summed E-state index contributed by atoms with van der Waals surface area (Å²) in [6, 6.07) is 2.20. The number of carbonyl (C=O) groups is 3. The van der Waals surface area contributed by atoms with Crippen LogP contribution in [0.25, 0.3) is 0 Å². The lowest BCUT2D eigenvalue weighted by Gasteiger charge is -2.15. The Kier molecular flexibility index (Phi) is 6.10. The zero-order chi connectivity index (χ0) is 16.0. The van der Waals surface area contributed by atoms with Crippen molar-refractivity contribution < 1.29 is 19.5 Å². The Hall–Kier alpha value is -2.15. The molecule has 1 aromatic heterocycles. The molecule has 1 unspecified atom stereocenters. The molecule has 114 valence electrons. The number of carboxylic acid groups (broad SMARTS) is 1. The van der Waals surface area contributed by atoms with Gasteiger partial charge in [-0.05, 0) is 32.2 Å². The van der Waals surface area contributed by atoms with E-state index in [1.165, 1.54) is 11.3 Å². The Bertz CT molecular complexity index is 560. The van der Waals surface area contributed by atoms with Crippen LogP contribution in [0, 0.1) is 0 Å². The standard InChI is InChI=1S/C14H18N2O4S/c1-8(2)9(3)12(17)16-10(14(19)20)7-15-13(18)11-5-4-6-21-11/h4-6,10H,7H2,1-3H3,(H,15,18)(H,16,17)(H,19,20). The third-order valence-electron chi connectivity index (χ3n) is 2.91. The fourth-order valence-electron chi connectivity index (χ4n) is 1.38. The van der Waals surface area contributed by atoms with E-state index in [1.54, 1.807) is 38.3 Å². The number of carboxylic acids is 1. The molecule has 2 amide bonds. The van der Waals surface area contributed by atoms with E-state index in [9.17, 15) is 14.4 Å². The molecular formula is C14H18N2O4S. The summed E-state index contributed by atoms with van der Waals surface area (Å²) in [5, 5.41) is 15.8. The zero-order valence-electron chi connectivity index (χ0n) is 12.1. The van der Waals surface area contributed by atoms with Crippen LogP contribution in [0.5, 0.6) is 0 Å². The van der Waals surface area contributed by atoms with Crippen LogP contribution in [-0.4, -0.2) is 35.5 Å². The van der Waals surface area contributed by atoms with E-state index in [2.05, 4.69) is 10.6 Å².